The van der Waals surface area contributed by atoms with E-state index in [1.54, 1.807) is 25.3 Å². The maximum atomic E-state index is 13.2. The van der Waals surface area contributed by atoms with E-state index in [0.717, 1.165) is 6.07 Å². The number of nitrogens with zero attached hydrogens (tertiary/aromatic N) is 2. The Morgan fingerprint density at radius 3 is 2.90 bits per heavy atom. The van der Waals surface area contributed by atoms with Gasteiger partial charge in [0.2, 0.25) is 0 Å². The van der Waals surface area contributed by atoms with Crippen LogP contribution in [-0.4, -0.2) is 21.7 Å². The van der Waals surface area contributed by atoms with Crippen molar-refractivity contribution >= 4 is 11.6 Å². The molecule has 0 aliphatic carbocycles. The highest BCUT2D eigenvalue weighted by atomic mass is 19.1. The lowest BCUT2D eigenvalue weighted by Crippen LogP contribution is -2.20. The summed E-state index contributed by atoms with van der Waals surface area (Å²) in [5, 5.41) is 13.7. The molecule has 0 atom stereocenters. The van der Waals surface area contributed by atoms with Crippen LogP contribution in [0.1, 0.15) is 29.3 Å². The number of halogens is 1. The summed E-state index contributed by atoms with van der Waals surface area (Å²) < 4.78 is 13.2. The van der Waals surface area contributed by atoms with Gasteiger partial charge in [-0.1, -0.05) is 6.92 Å². The van der Waals surface area contributed by atoms with Gasteiger partial charge in [0.15, 0.2) is 0 Å². The van der Waals surface area contributed by atoms with Crippen molar-refractivity contribution in [2.75, 3.05) is 0 Å². The second kappa shape index (κ2) is 6.60. The third kappa shape index (κ3) is 3.62. The first kappa shape index (κ1) is 14.6. The molecule has 1 amide bonds. The topological polar surface area (TPSA) is 74.6 Å². The highest BCUT2D eigenvalue weighted by Crippen LogP contribution is 2.19. The van der Waals surface area contributed by atoms with Crippen LogP contribution >= 0.6 is 0 Å². The number of benzene rings is 1. The van der Waals surface area contributed by atoms with Gasteiger partial charge in [-0.25, -0.2) is 9.82 Å². The molecule has 0 unspecified atom stereocenters. The summed E-state index contributed by atoms with van der Waals surface area (Å²) in [6.45, 7) is 1.79. The maximum Gasteiger partial charge on any atom is 0.272 e. The zero-order valence-electron chi connectivity index (χ0n) is 11.4. The number of pyridine rings is 1. The van der Waals surface area contributed by atoms with Crippen molar-refractivity contribution in [1.82, 2.24) is 10.4 Å². The van der Waals surface area contributed by atoms with Crippen LogP contribution in [0.3, 0.4) is 0 Å². The minimum Gasteiger partial charge on any atom is -0.507 e. The summed E-state index contributed by atoms with van der Waals surface area (Å²) in [5.41, 5.74) is 3.36. The number of carbonyl (C=O) groups is 1. The van der Waals surface area contributed by atoms with E-state index in [4.69, 9.17) is 0 Å². The summed E-state index contributed by atoms with van der Waals surface area (Å²) in [7, 11) is 0. The van der Waals surface area contributed by atoms with Gasteiger partial charge in [-0.3, -0.25) is 9.78 Å². The molecule has 1 aromatic carbocycles. The number of hydrogen-bond donors (Lipinski definition) is 2. The van der Waals surface area contributed by atoms with E-state index in [0.29, 0.717) is 17.7 Å². The summed E-state index contributed by atoms with van der Waals surface area (Å²) in [5.74, 6) is -1.000. The Morgan fingerprint density at radius 1 is 1.43 bits per heavy atom. The fraction of sp³-hybridized carbons (Fsp3) is 0.133. The normalized spacial score (nSPS) is 11.2. The van der Waals surface area contributed by atoms with Gasteiger partial charge in [0.25, 0.3) is 5.91 Å². The molecule has 108 valence electrons. The van der Waals surface area contributed by atoms with Crippen molar-refractivity contribution in [3.05, 3.63) is 59.7 Å². The third-order valence-electron chi connectivity index (χ3n) is 2.82. The molecular formula is C15H14FN3O2. The molecule has 0 bridgehead atoms. The van der Waals surface area contributed by atoms with Crippen LogP contribution < -0.4 is 5.43 Å². The molecule has 0 aliphatic heterocycles. The van der Waals surface area contributed by atoms with Gasteiger partial charge in [0.1, 0.15) is 11.6 Å². The first-order valence-corrected chi connectivity index (χ1v) is 6.37. The van der Waals surface area contributed by atoms with Gasteiger partial charge in [-0.2, -0.15) is 5.10 Å². The van der Waals surface area contributed by atoms with E-state index < -0.39 is 11.7 Å². The Labute approximate surface area is 121 Å². The third-order valence-corrected chi connectivity index (χ3v) is 2.82. The van der Waals surface area contributed by atoms with Gasteiger partial charge >= 0.3 is 0 Å². The standard InChI is InChI=1S/C15H14FN3O2/c1-2-13(12-8-11(16)5-6-14(12)20)18-19-15(21)10-4-3-7-17-9-10/h3-9,20H,2H2,1H3,(H,19,21). The maximum absolute atomic E-state index is 13.2. The van der Waals surface area contributed by atoms with Crippen LogP contribution in [0.4, 0.5) is 4.39 Å². The Bertz CT molecular complexity index is 672. The average Bonchev–Trinajstić information content (AvgIpc) is 2.51. The van der Waals surface area contributed by atoms with Gasteiger partial charge in [-0.15, -0.1) is 0 Å². The molecule has 0 saturated heterocycles. The van der Waals surface area contributed by atoms with E-state index in [1.807, 2.05) is 0 Å². The van der Waals surface area contributed by atoms with E-state index >= 15 is 0 Å². The second-order valence-corrected chi connectivity index (χ2v) is 4.26. The molecule has 5 nitrogen and oxygen atoms in total. The Kier molecular flexibility index (Phi) is 4.61. The summed E-state index contributed by atoms with van der Waals surface area (Å²) in [6.07, 6.45) is 3.39. The van der Waals surface area contributed by atoms with E-state index in [9.17, 15) is 14.3 Å². The van der Waals surface area contributed by atoms with Crippen LogP contribution in [0.25, 0.3) is 0 Å². The number of phenolic OH excluding ortho intramolecular Hbond substituents is 1. The molecule has 21 heavy (non-hydrogen) atoms. The molecule has 0 saturated carbocycles. The van der Waals surface area contributed by atoms with E-state index in [-0.39, 0.29) is 11.3 Å². The van der Waals surface area contributed by atoms with Crippen molar-refractivity contribution in [2.24, 2.45) is 5.10 Å². The van der Waals surface area contributed by atoms with Gasteiger partial charge in [0, 0.05) is 18.0 Å². The number of amides is 1. The second-order valence-electron chi connectivity index (χ2n) is 4.26. The Balaban J connectivity index is 2.21. The number of carbonyl (C=O) groups excluding carboxylic acids is 1. The van der Waals surface area contributed by atoms with Crippen LogP contribution in [0.5, 0.6) is 5.75 Å². The largest absolute Gasteiger partial charge is 0.507 e. The monoisotopic (exact) mass is 287 g/mol. The minimum atomic E-state index is -0.484. The number of aromatic hydroxyl groups is 1. The van der Waals surface area contributed by atoms with Crippen molar-refractivity contribution in [2.45, 2.75) is 13.3 Å². The zero-order chi connectivity index (χ0) is 15.2. The summed E-state index contributed by atoms with van der Waals surface area (Å²) in [4.78, 5) is 15.7. The first-order valence-electron chi connectivity index (χ1n) is 6.37. The van der Waals surface area contributed by atoms with Gasteiger partial charge in [0.05, 0.1) is 11.3 Å². The summed E-state index contributed by atoms with van der Waals surface area (Å²) >= 11 is 0. The highest BCUT2D eigenvalue weighted by molar-refractivity contribution is 6.03. The van der Waals surface area contributed by atoms with Crippen LogP contribution in [0.15, 0.2) is 47.8 Å². The molecule has 0 fully saturated rings. The Morgan fingerprint density at radius 2 is 2.24 bits per heavy atom. The molecule has 2 aromatic rings. The molecule has 2 rings (SSSR count). The predicted octanol–water partition coefficient (Wildman–Crippen LogP) is 2.47. The van der Waals surface area contributed by atoms with Crippen LogP contribution in [0.2, 0.25) is 0 Å². The van der Waals surface area contributed by atoms with Crippen LogP contribution in [-0.2, 0) is 0 Å². The zero-order valence-corrected chi connectivity index (χ0v) is 11.4. The van der Waals surface area contributed by atoms with E-state index in [2.05, 4.69) is 15.5 Å². The SMILES string of the molecule is CCC(=NNC(=O)c1cccnc1)c1cc(F)ccc1O. The van der Waals surface area contributed by atoms with Crippen molar-refractivity contribution in [1.29, 1.82) is 0 Å². The van der Waals surface area contributed by atoms with Gasteiger partial charge in [-0.05, 0) is 36.8 Å². The number of hydrogen-bond acceptors (Lipinski definition) is 4. The molecule has 2 N–H and O–H groups in total. The number of phenols is 1. The number of hydrazone groups is 1. The van der Waals surface area contributed by atoms with Crippen molar-refractivity contribution < 1.29 is 14.3 Å². The lowest BCUT2D eigenvalue weighted by Gasteiger charge is -2.07. The lowest BCUT2D eigenvalue weighted by molar-refractivity contribution is 0.0954. The smallest absolute Gasteiger partial charge is 0.272 e. The Hall–Kier alpha value is -2.76. The number of nitrogens with one attached hydrogen (secondary N) is 1. The number of aromatic nitrogens is 1. The minimum absolute atomic E-state index is 0.0902. The molecule has 0 aliphatic rings. The fourth-order valence-corrected chi connectivity index (χ4v) is 1.75. The highest BCUT2D eigenvalue weighted by Gasteiger charge is 2.10. The molecule has 1 heterocycles. The van der Waals surface area contributed by atoms with Crippen molar-refractivity contribution in [3.8, 4) is 5.75 Å². The molecule has 6 heteroatoms. The number of rotatable bonds is 4. The lowest BCUT2D eigenvalue weighted by atomic mass is 10.1. The van der Waals surface area contributed by atoms with E-state index in [1.165, 1.54) is 18.3 Å². The molecule has 0 spiro atoms. The van der Waals surface area contributed by atoms with Crippen molar-refractivity contribution in [3.63, 3.8) is 0 Å². The summed E-state index contributed by atoms with van der Waals surface area (Å²) in [6, 6.07) is 6.81. The molecular weight excluding hydrogens is 273 g/mol. The quantitative estimate of drug-likeness (QED) is 0.670. The average molecular weight is 287 g/mol. The fourth-order valence-electron chi connectivity index (χ4n) is 1.75. The van der Waals surface area contributed by atoms with Gasteiger partial charge < -0.3 is 5.11 Å². The first-order chi connectivity index (χ1) is 10.1. The predicted molar refractivity (Wildman–Crippen MR) is 76.6 cm³/mol. The molecule has 0 radical (unpaired) electrons. The molecule has 1 aromatic heterocycles. The van der Waals surface area contributed by atoms with Crippen LogP contribution in [0, 0.1) is 5.82 Å².